The number of hydrogen-bond acceptors (Lipinski definition) is 3. The number of aromatic nitrogens is 2. The SMILES string of the molecule is O=C(NCCc1cnn(-c2ccccc2)c1)c1ccc(Br)o1. The first kappa shape index (κ1) is 14.6. The van der Waals surface area contributed by atoms with E-state index in [4.69, 9.17) is 4.42 Å². The highest BCUT2D eigenvalue weighted by atomic mass is 79.9. The molecule has 1 aromatic carbocycles. The maximum Gasteiger partial charge on any atom is 0.287 e. The van der Waals surface area contributed by atoms with Crippen molar-refractivity contribution in [2.45, 2.75) is 6.42 Å². The third-order valence-electron chi connectivity index (χ3n) is 3.15. The number of carbonyl (C=O) groups is 1. The van der Waals surface area contributed by atoms with Crippen LogP contribution in [0.1, 0.15) is 16.1 Å². The van der Waals surface area contributed by atoms with E-state index in [0.29, 0.717) is 23.4 Å². The molecule has 1 N–H and O–H groups in total. The summed E-state index contributed by atoms with van der Waals surface area (Å²) in [6, 6.07) is 13.2. The lowest BCUT2D eigenvalue weighted by Crippen LogP contribution is -2.25. The first-order chi connectivity index (χ1) is 10.7. The molecule has 3 aromatic rings. The Bertz CT molecular complexity index is 765. The van der Waals surface area contributed by atoms with E-state index in [1.165, 1.54) is 0 Å². The quantitative estimate of drug-likeness (QED) is 0.760. The summed E-state index contributed by atoms with van der Waals surface area (Å²) in [6.45, 7) is 0.525. The molecule has 2 heterocycles. The van der Waals surface area contributed by atoms with Gasteiger partial charge in [-0.3, -0.25) is 4.79 Å². The molecule has 22 heavy (non-hydrogen) atoms. The van der Waals surface area contributed by atoms with E-state index in [9.17, 15) is 4.79 Å². The maximum absolute atomic E-state index is 11.8. The van der Waals surface area contributed by atoms with Crippen molar-refractivity contribution < 1.29 is 9.21 Å². The second kappa shape index (κ2) is 6.62. The molecule has 0 atom stereocenters. The van der Waals surface area contributed by atoms with Crippen LogP contribution in [-0.4, -0.2) is 22.2 Å². The van der Waals surface area contributed by atoms with Gasteiger partial charge in [0.15, 0.2) is 10.4 Å². The van der Waals surface area contributed by atoms with Gasteiger partial charge >= 0.3 is 0 Å². The van der Waals surface area contributed by atoms with Gasteiger partial charge in [0, 0.05) is 12.7 Å². The molecule has 0 bridgehead atoms. The zero-order chi connectivity index (χ0) is 15.4. The van der Waals surface area contributed by atoms with Crippen molar-refractivity contribution in [2.75, 3.05) is 6.54 Å². The smallest absolute Gasteiger partial charge is 0.287 e. The van der Waals surface area contributed by atoms with E-state index in [1.807, 2.05) is 47.4 Å². The summed E-state index contributed by atoms with van der Waals surface area (Å²) in [4.78, 5) is 11.8. The second-order valence-electron chi connectivity index (χ2n) is 4.74. The molecular weight excluding hydrogens is 346 g/mol. The zero-order valence-corrected chi connectivity index (χ0v) is 13.3. The van der Waals surface area contributed by atoms with Crippen LogP contribution in [0.5, 0.6) is 0 Å². The van der Waals surface area contributed by atoms with E-state index < -0.39 is 0 Å². The molecule has 0 aliphatic rings. The number of nitrogens with zero attached hydrogens (tertiary/aromatic N) is 2. The summed E-state index contributed by atoms with van der Waals surface area (Å²) in [5, 5.41) is 7.14. The van der Waals surface area contributed by atoms with Crippen LogP contribution in [0, 0.1) is 0 Å². The second-order valence-corrected chi connectivity index (χ2v) is 5.52. The highest BCUT2D eigenvalue weighted by Gasteiger charge is 2.09. The van der Waals surface area contributed by atoms with Crippen molar-refractivity contribution in [3.63, 3.8) is 0 Å². The van der Waals surface area contributed by atoms with Gasteiger partial charge in [-0.1, -0.05) is 18.2 Å². The molecule has 0 aliphatic carbocycles. The largest absolute Gasteiger partial charge is 0.444 e. The summed E-state index contributed by atoms with van der Waals surface area (Å²) >= 11 is 3.17. The van der Waals surface area contributed by atoms with E-state index >= 15 is 0 Å². The fraction of sp³-hybridized carbons (Fsp3) is 0.125. The van der Waals surface area contributed by atoms with Crippen molar-refractivity contribution in [3.8, 4) is 5.69 Å². The fourth-order valence-corrected chi connectivity index (χ4v) is 2.36. The Kier molecular flexibility index (Phi) is 4.39. The Labute approximate surface area is 136 Å². The van der Waals surface area contributed by atoms with Crippen LogP contribution in [0.25, 0.3) is 5.69 Å². The molecule has 0 saturated heterocycles. The van der Waals surface area contributed by atoms with Gasteiger partial charge in [0.05, 0.1) is 11.9 Å². The van der Waals surface area contributed by atoms with Crippen LogP contribution in [0.4, 0.5) is 0 Å². The number of halogens is 1. The molecule has 0 fully saturated rings. The Morgan fingerprint density at radius 3 is 2.77 bits per heavy atom. The molecule has 0 unspecified atom stereocenters. The summed E-state index contributed by atoms with van der Waals surface area (Å²) < 4.78 is 7.56. The van der Waals surface area contributed by atoms with Crippen LogP contribution >= 0.6 is 15.9 Å². The number of carbonyl (C=O) groups excluding carboxylic acids is 1. The fourth-order valence-electron chi connectivity index (χ4n) is 2.05. The number of furan rings is 1. The summed E-state index contributed by atoms with van der Waals surface area (Å²) in [5.74, 6) is 0.0769. The molecule has 0 spiro atoms. The number of nitrogens with one attached hydrogen (secondary N) is 1. The van der Waals surface area contributed by atoms with E-state index in [1.54, 1.807) is 12.1 Å². The van der Waals surface area contributed by atoms with Gasteiger partial charge in [-0.05, 0) is 52.2 Å². The lowest BCUT2D eigenvalue weighted by atomic mass is 10.2. The molecule has 5 nitrogen and oxygen atoms in total. The van der Waals surface area contributed by atoms with Crippen molar-refractivity contribution in [1.29, 1.82) is 0 Å². The minimum absolute atomic E-state index is 0.221. The Morgan fingerprint density at radius 1 is 1.23 bits per heavy atom. The predicted octanol–water partition coefficient (Wildman–Crippen LogP) is 3.20. The van der Waals surface area contributed by atoms with Gasteiger partial charge < -0.3 is 9.73 Å². The molecular formula is C16H14BrN3O2. The average Bonchev–Trinajstić information content (AvgIpc) is 3.17. The minimum atomic E-state index is -0.221. The average molecular weight is 360 g/mol. The van der Waals surface area contributed by atoms with Crippen molar-refractivity contribution in [1.82, 2.24) is 15.1 Å². The third kappa shape index (κ3) is 3.46. The van der Waals surface area contributed by atoms with Gasteiger partial charge in [-0.15, -0.1) is 0 Å². The lowest BCUT2D eigenvalue weighted by Gasteiger charge is -2.01. The minimum Gasteiger partial charge on any atom is -0.444 e. The van der Waals surface area contributed by atoms with Gasteiger partial charge in [-0.2, -0.15) is 5.10 Å². The molecule has 2 aromatic heterocycles. The van der Waals surface area contributed by atoms with Crippen LogP contribution in [-0.2, 0) is 6.42 Å². The van der Waals surface area contributed by atoms with E-state index in [-0.39, 0.29) is 5.91 Å². The highest BCUT2D eigenvalue weighted by molar-refractivity contribution is 9.10. The van der Waals surface area contributed by atoms with Crippen molar-refractivity contribution in [2.24, 2.45) is 0 Å². The molecule has 0 saturated carbocycles. The number of para-hydroxylation sites is 1. The number of rotatable bonds is 5. The van der Waals surface area contributed by atoms with Gasteiger partial charge in [0.25, 0.3) is 5.91 Å². The number of hydrogen-bond donors (Lipinski definition) is 1. The van der Waals surface area contributed by atoms with Crippen LogP contribution < -0.4 is 5.32 Å². The van der Waals surface area contributed by atoms with Gasteiger partial charge in [0.2, 0.25) is 0 Å². The molecule has 3 rings (SSSR count). The topological polar surface area (TPSA) is 60.1 Å². The molecule has 0 aliphatic heterocycles. The third-order valence-corrected chi connectivity index (χ3v) is 3.58. The highest BCUT2D eigenvalue weighted by Crippen LogP contribution is 2.13. The van der Waals surface area contributed by atoms with E-state index in [2.05, 4.69) is 26.3 Å². The van der Waals surface area contributed by atoms with Crippen molar-refractivity contribution in [3.05, 3.63) is 70.9 Å². The first-order valence-corrected chi connectivity index (χ1v) is 7.64. The standard InChI is InChI=1S/C16H14BrN3O2/c17-15-7-6-14(22-15)16(21)18-9-8-12-10-19-20(11-12)13-4-2-1-3-5-13/h1-7,10-11H,8-9H2,(H,18,21). The zero-order valence-electron chi connectivity index (χ0n) is 11.7. The monoisotopic (exact) mass is 359 g/mol. The molecule has 0 radical (unpaired) electrons. The number of benzene rings is 1. The normalized spacial score (nSPS) is 10.6. The summed E-state index contributed by atoms with van der Waals surface area (Å²) in [6.07, 6.45) is 4.48. The van der Waals surface area contributed by atoms with Crippen LogP contribution in [0.15, 0.2) is 63.9 Å². The van der Waals surface area contributed by atoms with E-state index in [0.717, 1.165) is 11.3 Å². The molecule has 1 amide bonds. The Morgan fingerprint density at radius 2 is 2.05 bits per heavy atom. The first-order valence-electron chi connectivity index (χ1n) is 6.85. The predicted molar refractivity (Wildman–Crippen MR) is 86.0 cm³/mol. The van der Waals surface area contributed by atoms with Crippen molar-refractivity contribution >= 4 is 21.8 Å². The maximum atomic E-state index is 11.8. The molecule has 112 valence electrons. The molecule has 6 heteroatoms. The summed E-state index contributed by atoms with van der Waals surface area (Å²) in [7, 11) is 0. The Balaban J connectivity index is 1.54. The summed E-state index contributed by atoms with van der Waals surface area (Å²) in [5.41, 5.74) is 2.07. The van der Waals surface area contributed by atoms with Gasteiger partial charge in [-0.25, -0.2) is 4.68 Å². The lowest BCUT2D eigenvalue weighted by molar-refractivity contribution is 0.0925. The Hall–Kier alpha value is -2.34. The van der Waals surface area contributed by atoms with Gasteiger partial charge in [0.1, 0.15) is 0 Å². The number of amides is 1. The van der Waals surface area contributed by atoms with Crippen LogP contribution in [0.3, 0.4) is 0 Å². The van der Waals surface area contributed by atoms with Crippen LogP contribution in [0.2, 0.25) is 0 Å².